The van der Waals surface area contributed by atoms with Crippen LogP contribution in [0, 0.1) is 0 Å². The van der Waals surface area contributed by atoms with Gasteiger partial charge in [-0.1, -0.05) is 11.6 Å². The zero-order valence-electron chi connectivity index (χ0n) is 15.4. The fourth-order valence-electron chi connectivity index (χ4n) is 3.67. The van der Waals surface area contributed by atoms with Crippen molar-refractivity contribution in [1.82, 2.24) is 20.1 Å². The monoisotopic (exact) mass is 440 g/mol. The molecule has 7 nitrogen and oxygen atoms in total. The Morgan fingerprint density at radius 3 is 2.93 bits per heavy atom. The molecule has 2 aliphatic rings. The number of halogens is 1. The van der Waals surface area contributed by atoms with E-state index < -0.39 is 0 Å². The van der Waals surface area contributed by atoms with Crippen molar-refractivity contribution < 1.29 is 14.7 Å². The first-order valence-electron chi connectivity index (χ1n) is 9.09. The summed E-state index contributed by atoms with van der Waals surface area (Å²) in [6, 6.07) is 2.83. The molecular weight excluding hydrogens is 420 g/mol. The maximum absolute atomic E-state index is 13.0. The minimum Gasteiger partial charge on any atom is -0.394 e. The molecule has 0 radical (unpaired) electrons. The average molecular weight is 441 g/mol. The number of aromatic nitrogens is 1. The fraction of sp³-hybridized carbons (Fsp3) is 0.500. The van der Waals surface area contributed by atoms with E-state index in [2.05, 4.69) is 22.2 Å². The van der Waals surface area contributed by atoms with Crippen molar-refractivity contribution in [3.63, 3.8) is 0 Å². The van der Waals surface area contributed by atoms with Crippen LogP contribution in [0.15, 0.2) is 12.1 Å². The number of nitrogens with zero attached hydrogens (tertiary/aromatic N) is 3. The molecule has 1 fully saturated rings. The van der Waals surface area contributed by atoms with E-state index in [0.29, 0.717) is 27.2 Å². The standard InChI is InChI=1S/C18H21ClN4O3S2/c1-22-5-4-12-14(8-22)28-17(21-12)18(26)23-7-10(6-11(23)9-24)20-16(25)13-2-3-15(19)27-13/h2-3,10-11,24H,4-9H2,1H3,(H,20,25)/t10-,11+/m1/s1. The molecule has 0 aliphatic carbocycles. The van der Waals surface area contributed by atoms with E-state index >= 15 is 0 Å². The third-order valence-corrected chi connectivity index (χ3v) is 7.42. The number of hydrogen-bond donors (Lipinski definition) is 2. The van der Waals surface area contributed by atoms with E-state index in [-0.39, 0.29) is 30.5 Å². The number of thiazole rings is 1. The second-order valence-electron chi connectivity index (χ2n) is 7.18. The van der Waals surface area contributed by atoms with Crippen LogP contribution in [0.25, 0.3) is 0 Å². The van der Waals surface area contributed by atoms with Gasteiger partial charge in [-0.2, -0.15) is 0 Å². The first-order valence-corrected chi connectivity index (χ1v) is 11.1. The summed E-state index contributed by atoms with van der Waals surface area (Å²) in [6.45, 7) is 1.97. The summed E-state index contributed by atoms with van der Waals surface area (Å²) in [6.07, 6.45) is 1.36. The SMILES string of the molecule is CN1CCc2nc(C(=O)N3C[C@H](NC(=O)c4ccc(Cl)s4)C[C@H]3CO)sc2C1. The van der Waals surface area contributed by atoms with Gasteiger partial charge in [0.05, 0.1) is 27.6 Å². The van der Waals surface area contributed by atoms with E-state index in [1.54, 1.807) is 17.0 Å². The lowest BCUT2D eigenvalue weighted by Crippen LogP contribution is -2.40. The molecule has 2 amide bonds. The number of thiophene rings is 1. The highest BCUT2D eigenvalue weighted by Gasteiger charge is 2.37. The van der Waals surface area contributed by atoms with Gasteiger partial charge in [-0.15, -0.1) is 22.7 Å². The van der Waals surface area contributed by atoms with Crippen LogP contribution in [-0.2, 0) is 13.0 Å². The van der Waals surface area contributed by atoms with Crippen LogP contribution in [0.2, 0.25) is 4.34 Å². The summed E-state index contributed by atoms with van der Waals surface area (Å²) in [7, 11) is 2.06. The molecule has 10 heteroatoms. The van der Waals surface area contributed by atoms with Crippen LogP contribution in [0.4, 0.5) is 0 Å². The highest BCUT2D eigenvalue weighted by molar-refractivity contribution is 7.18. The van der Waals surface area contributed by atoms with Crippen LogP contribution >= 0.6 is 34.3 Å². The Labute approximate surface area is 175 Å². The molecule has 2 N–H and O–H groups in total. The largest absolute Gasteiger partial charge is 0.394 e. The minimum absolute atomic E-state index is 0.142. The van der Waals surface area contributed by atoms with E-state index in [1.807, 2.05) is 0 Å². The third kappa shape index (κ3) is 3.95. The number of likely N-dealkylation sites (N-methyl/N-ethyl adjacent to an activating group) is 1. The molecule has 2 aromatic heterocycles. The number of carbonyl (C=O) groups is 2. The van der Waals surface area contributed by atoms with Gasteiger partial charge in [0.15, 0.2) is 5.01 Å². The van der Waals surface area contributed by atoms with Crippen molar-refractivity contribution in [2.75, 3.05) is 26.7 Å². The Bertz CT molecular complexity index is 899. The van der Waals surface area contributed by atoms with Crippen molar-refractivity contribution in [3.05, 3.63) is 36.9 Å². The van der Waals surface area contributed by atoms with E-state index in [0.717, 1.165) is 30.1 Å². The van der Waals surface area contributed by atoms with Gasteiger partial charge in [-0.05, 0) is 25.6 Å². The van der Waals surface area contributed by atoms with Crippen molar-refractivity contribution in [3.8, 4) is 0 Å². The molecule has 0 aromatic carbocycles. The molecule has 2 atom stereocenters. The van der Waals surface area contributed by atoms with Crippen molar-refractivity contribution in [2.45, 2.75) is 31.5 Å². The Kier molecular flexibility index (Phi) is 5.71. The van der Waals surface area contributed by atoms with Crippen molar-refractivity contribution in [2.24, 2.45) is 0 Å². The van der Waals surface area contributed by atoms with Gasteiger partial charge in [-0.25, -0.2) is 4.98 Å². The molecule has 28 heavy (non-hydrogen) atoms. The maximum Gasteiger partial charge on any atom is 0.283 e. The lowest BCUT2D eigenvalue weighted by Gasteiger charge is -2.21. The number of aliphatic hydroxyl groups is 1. The summed E-state index contributed by atoms with van der Waals surface area (Å²) in [5.74, 6) is -0.377. The summed E-state index contributed by atoms with van der Waals surface area (Å²) in [4.78, 5) is 35.5. The Morgan fingerprint density at radius 2 is 2.21 bits per heavy atom. The van der Waals surface area contributed by atoms with Gasteiger partial charge in [0.25, 0.3) is 11.8 Å². The number of carbonyl (C=O) groups excluding carboxylic acids is 2. The highest BCUT2D eigenvalue weighted by atomic mass is 35.5. The lowest BCUT2D eigenvalue weighted by atomic mass is 10.2. The maximum atomic E-state index is 13.0. The normalized spacial score (nSPS) is 22.3. The van der Waals surface area contributed by atoms with Gasteiger partial charge >= 0.3 is 0 Å². The molecule has 0 spiro atoms. The Morgan fingerprint density at radius 1 is 1.39 bits per heavy atom. The number of rotatable bonds is 4. The number of likely N-dealkylation sites (tertiary alicyclic amines) is 1. The molecule has 0 saturated carbocycles. The number of nitrogens with one attached hydrogen (secondary N) is 1. The molecule has 0 unspecified atom stereocenters. The number of fused-ring (bicyclic) bond motifs is 1. The van der Waals surface area contributed by atoms with Gasteiger partial charge in [0.2, 0.25) is 0 Å². The first-order chi connectivity index (χ1) is 13.4. The first kappa shape index (κ1) is 19.8. The van der Waals surface area contributed by atoms with Gasteiger partial charge < -0.3 is 20.2 Å². The average Bonchev–Trinajstić information content (AvgIpc) is 3.38. The van der Waals surface area contributed by atoms with Gasteiger partial charge in [0.1, 0.15) is 0 Å². The topological polar surface area (TPSA) is 85.8 Å². The Hall–Kier alpha value is -1.52. The zero-order valence-corrected chi connectivity index (χ0v) is 17.7. The van der Waals surface area contributed by atoms with Crippen LogP contribution in [0.5, 0.6) is 0 Å². The van der Waals surface area contributed by atoms with Crippen LogP contribution in [-0.4, -0.2) is 70.5 Å². The number of hydrogen-bond acceptors (Lipinski definition) is 7. The molecular formula is C18H21ClN4O3S2. The van der Waals surface area contributed by atoms with Crippen molar-refractivity contribution >= 4 is 46.1 Å². The summed E-state index contributed by atoms with van der Waals surface area (Å²) in [5, 5.41) is 13.2. The quantitative estimate of drug-likeness (QED) is 0.757. The summed E-state index contributed by atoms with van der Waals surface area (Å²) in [5.41, 5.74) is 1.01. The molecule has 1 saturated heterocycles. The van der Waals surface area contributed by atoms with Crippen molar-refractivity contribution in [1.29, 1.82) is 0 Å². The molecule has 4 heterocycles. The highest BCUT2D eigenvalue weighted by Crippen LogP contribution is 2.28. The fourth-order valence-corrected chi connectivity index (χ4v) is 5.76. The number of amides is 2. The van der Waals surface area contributed by atoms with Crippen LogP contribution < -0.4 is 5.32 Å². The Balaban J connectivity index is 1.45. The molecule has 0 bridgehead atoms. The predicted octanol–water partition coefficient (Wildman–Crippen LogP) is 1.85. The predicted molar refractivity (Wildman–Crippen MR) is 109 cm³/mol. The van der Waals surface area contributed by atoms with Gasteiger partial charge in [-0.3, -0.25) is 9.59 Å². The minimum atomic E-state index is -0.326. The third-order valence-electron chi connectivity index (χ3n) is 5.12. The zero-order chi connectivity index (χ0) is 19.8. The van der Waals surface area contributed by atoms with E-state index in [9.17, 15) is 14.7 Å². The molecule has 2 aliphatic heterocycles. The van der Waals surface area contributed by atoms with Crippen LogP contribution in [0.1, 0.15) is 36.5 Å². The molecule has 4 rings (SSSR count). The lowest BCUT2D eigenvalue weighted by molar-refractivity contribution is 0.0673. The van der Waals surface area contributed by atoms with E-state index in [4.69, 9.17) is 11.6 Å². The smallest absolute Gasteiger partial charge is 0.283 e. The second-order valence-corrected chi connectivity index (χ2v) is 9.98. The molecule has 2 aromatic rings. The molecule has 150 valence electrons. The van der Waals surface area contributed by atoms with E-state index in [1.165, 1.54) is 22.7 Å². The number of aliphatic hydroxyl groups excluding tert-OH is 1. The van der Waals surface area contributed by atoms with Crippen LogP contribution in [0.3, 0.4) is 0 Å². The summed E-state index contributed by atoms with van der Waals surface area (Å²) >= 11 is 8.55. The second kappa shape index (κ2) is 8.08. The summed E-state index contributed by atoms with van der Waals surface area (Å²) < 4.78 is 0.556. The van der Waals surface area contributed by atoms with Gasteiger partial charge in [0, 0.05) is 37.0 Å².